The number of Topliss-reactive ketones (excluding diaryl/α,β-unsaturated/α-hetero) is 1. The molecule has 1 saturated carbocycles. The molecule has 6 heteroatoms. The van der Waals surface area contributed by atoms with Crippen LogP contribution in [0.15, 0.2) is 46.8 Å². The highest BCUT2D eigenvalue weighted by atomic mass is 16.5. The van der Waals surface area contributed by atoms with Gasteiger partial charge in [-0.3, -0.25) is 9.59 Å². The third-order valence-electron chi connectivity index (χ3n) is 7.04. The van der Waals surface area contributed by atoms with Gasteiger partial charge in [0.2, 0.25) is 0 Å². The molecule has 3 aliphatic rings. The third-order valence-corrected chi connectivity index (χ3v) is 7.04. The number of hydrogen-bond donors (Lipinski definition) is 1. The van der Waals surface area contributed by atoms with E-state index >= 15 is 0 Å². The summed E-state index contributed by atoms with van der Waals surface area (Å²) in [5, 5.41) is 3.32. The van der Waals surface area contributed by atoms with E-state index in [1.54, 1.807) is 0 Å². The molecule has 1 aromatic rings. The van der Waals surface area contributed by atoms with Gasteiger partial charge in [0.15, 0.2) is 5.78 Å². The fourth-order valence-corrected chi connectivity index (χ4v) is 5.39. The molecule has 0 bridgehead atoms. The first-order valence-electron chi connectivity index (χ1n) is 11.4. The minimum absolute atomic E-state index is 0.0828. The van der Waals surface area contributed by atoms with Gasteiger partial charge in [0.1, 0.15) is 12.0 Å². The maximum absolute atomic E-state index is 13.7. The van der Waals surface area contributed by atoms with Crippen LogP contribution in [0, 0.1) is 18.8 Å². The van der Waals surface area contributed by atoms with Gasteiger partial charge in [-0.25, -0.2) is 4.79 Å². The van der Waals surface area contributed by atoms with E-state index in [2.05, 4.69) is 5.32 Å². The normalized spacial score (nSPS) is 26.0. The second-order valence-corrected chi connectivity index (χ2v) is 9.20. The van der Waals surface area contributed by atoms with Crippen LogP contribution in [0.3, 0.4) is 0 Å². The Labute approximate surface area is 189 Å². The highest BCUT2D eigenvalue weighted by Crippen LogP contribution is 2.46. The Balaban J connectivity index is 1.82. The summed E-state index contributed by atoms with van der Waals surface area (Å²) in [6, 6.07) is 7.77. The summed E-state index contributed by atoms with van der Waals surface area (Å²) in [6.45, 7) is 5.72. The van der Waals surface area contributed by atoms with Crippen molar-refractivity contribution >= 4 is 17.7 Å². The molecule has 1 heterocycles. The zero-order valence-corrected chi connectivity index (χ0v) is 19.2. The first kappa shape index (κ1) is 22.3. The summed E-state index contributed by atoms with van der Waals surface area (Å²) in [6.07, 6.45) is 4.31. The van der Waals surface area contributed by atoms with E-state index in [1.165, 1.54) is 7.11 Å². The monoisotopic (exact) mass is 437 g/mol. The van der Waals surface area contributed by atoms with Crippen LogP contribution in [-0.2, 0) is 23.9 Å². The van der Waals surface area contributed by atoms with E-state index in [4.69, 9.17) is 9.47 Å². The number of carbonyl (C=O) groups is 3. The number of ketones is 1. The van der Waals surface area contributed by atoms with Gasteiger partial charge in [-0.1, -0.05) is 31.2 Å². The second-order valence-electron chi connectivity index (χ2n) is 9.20. The van der Waals surface area contributed by atoms with Gasteiger partial charge >= 0.3 is 11.9 Å². The molecule has 0 radical (unpaired) electrons. The Hall–Kier alpha value is -2.89. The first-order valence-corrected chi connectivity index (χ1v) is 11.4. The molecular formula is C26H31NO5. The molecule has 0 unspecified atom stereocenters. The van der Waals surface area contributed by atoms with E-state index < -0.39 is 17.8 Å². The van der Waals surface area contributed by atoms with Crippen molar-refractivity contribution < 1.29 is 23.9 Å². The van der Waals surface area contributed by atoms with Crippen LogP contribution < -0.4 is 5.32 Å². The number of dihydropyridines is 1. The number of hydrogen-bond acceptors (Lipinski definition) is 6. The van der Waals surface area contributed by atoms with Crippen molar-refractivity contribution in [3.63, 3.8) is 0 Å². The molecular weight excluding hydrogens is 406 g/mol. The average Bonchev–Trinajstić information content (AvgIpc) is 3.25. The van der Waals surface area contributed by atoms with Crippen LogP contribution in [0.25, 0.3) is 0 Å². The maximum atomic E-state index is 13.7. The molecule has 2 aliphatic carbocycles. The largest absolute Gasteiger partial charge is 0.468 e. The lowest BCUT2D eigenvalue weighted by atomic mass is 9.68. The lowest BCUT2D eigenvalue weighted by Gasteiger charge is -2.38. The lowest BCUT2D eigenvalue weighted by molar-refractivity contribution is -0.151. The quantitative estimate of drug-likeness (QED) is 0.564. The molecule has 1 aromatic carbocycles. The summed E-state index contributed by atoms with van der Waals surface area (Å²) < 4.78 is 10.8. The standard InChI is InChI=1S/C26H31NO5/c1-14-9-5-8-12-18(14)22-21(26(30)32-17-10-6-7-11-17)16(3)27-19-13-15(2)20(25(29)31-4)24(28)23(19)22/h5,8-9,12,15,17,20,22,27H,6-7,10-11,13H2,1-4H3/t15-,20+,22-/m0/s1. The van der Waals surface area contributed by atoms with Crippen molar-refractivity contribution in [2.75, 3.05) is 7.11 Å². The highest BCUT2D eigenvalue weighted by Gasteiger charge is 2.47. The zero-order valence-electron chi connectivity index (χ0n) is 19.2. The SMILES string of the molecule is COC(=O)[C@H]1C(=O)C2=C(C[C@@H]1C)NC(C)=C(C(=O)OC1CCCC1)[C@@H]2c1ccccc1C. The molecule has 1 fully saturated rings. The number of benzene rings is 1. The molecule has 170 valence electrons. The van der Waals surface area contributed by atoms with E-state index in [0.29, 0.717) is 23.3 Å². The number of nitrogens with one attached hydrogen (secondary N) is 1. The van der Waals surface area contributed by atoms with Crippen molar-refractivity contribution in [1.29, 1.82) is 0 Å². The Morgan fingerprint density at radius 3 is 2.44 bits per heavy atom. The van der Waals surface area contributed by atoms with Gasteiger partial charge in [-0.15, -0.1) is 0 Å². The molecule has 0 saturated heterocycles. The Kier molecular flexibility index (Phi) is 6.22. The summed E-state index contributed by atoms with van der Waals surface area (Å²) in [7, 11) is 1.30. The summed E-state index contributed by atoms with van der Waals surface area (Å²) >= 11 is 0. The lowest BCUT2D eigenvalue weighted by Crippen LogP contribution is -2.43. The van der Waals surface area contributed by atoms with Crippen LogP contribution >= 0.6 is 0 Å². The Morgan fingerprint density at radius 2 is 1.78 bits per heavy atom. The van der Waals surface area contributed by atoms with Crippen molar-refractivity contribution in [1.82, 2.24) is 5.32 Å². The summed E-state index contributed by atoms with van der Waals surface area (Å²) in [5.74, 6) is -2.84. The third kappa shape index (κ3) is 3.87. The molecule has 32 heavy (non-hydrogen) atoms. The highest BCUT2D eigenvalue weighted by molar-refractivity contribution is 6.12. The van der Waals surface area contributed by atoms with Crippen molar-refractivity contribution in [2.45, 2.75) is 64.9 Å². The minimum atomic E-state index is -0.877. The topological polar surface area (TPSA) is 81.7 Å². The van der Waals surface area contributed by atoms with Crippen LogP contribution in [0.4, 0.5) is 0 Å². The van der Waals surface area contributed by atoms with Gasteiger partial charge in [-0.05, 0) is 63.0 Å². The molecule has 0 spiro atoms. The van der Waals surface area contributed by atoms with E-state index in [1.807, 2.05) is 45.0 Å². The van der Waals surface area contributed by atoms with E-state index in [-0.39, 0.29) is 23.8 Å². The average molecular weight is 438 g/mol. The van der Waals surface area contributed by atoms with Gasteiger partial charge in [0, 0.05) is 22.9 Å². The number of carbonyl (C=O) groups excluding carboxylic acids is 3. The van der Waals surface area contributed by atoms with E-state index in [0.717, 1.165) is 42.5 Å². The van der Waals surface area contributed by atoms with Crippen LogP contribution in [-0.4, -0.2) is 30.9 Å². The zero-order chi connectivity index (χ0) is 23.0. The van der Waals surface area contributed by atoms with Crippen molar-refractivity contribution in [2.24, 2.45) is 11.8 Å². The smallest absolute Gasteiger partial charge is 0.337 e. The van der Waals surface area contributed by atoms with Crippen LogP contribution in [0.1, 0.15) is 63.0 Å². The molecule has 4 rings (SSSR count). The van der Waals surface area contributed by atoms with Crippen LogP contribution in [0.5, 0.6) is 0 Å². The Bertz CT molecular complexity index is 1010. The predicted octanol–water partition coefficient (Wildman–Crippen LogP) is 4.09. The van der Waals surface area contributed by atoms with Gasteiger partial charge in [0.05, 0.1) is 12.7 Å². The summed E-state index contributed by atoms with van der Waals surface area (Å²) in [5.41, 5.74) is 4.28. The number of esters is 2. The summed E-state index contributed by atoms with van der Waals surface area (Å²) in [4.78, 5) is 39.6. The number of ether oxygens (including phenoxy) is 2. The fraction of sp³-hybridized carbons (Fsp3) is 0.500. The second kappa shape index (κ2) is 8.93. The molecule has 3 atom stereocenters. The van der Waals surface area contributed by atoms with Crippen molar-refractivity contribution in [3.05, 3.63) is 57.9 Å². The van der Waals surface area contributed by atoms with Crippen molar-refractivity contribution in [3.8, 4) is 0 Å². The predicted molar refractivity (Wildman–Crippen MR) is 119 cm³/mol. The molecule has 1 N–H and O–H groups in total. The molecule has 0 amide bonds. The van der Waals surface area contributed by atoms with Crippen LogP contribution in [0.2, 0.25) is 0 Å². The number of methoxy groups -OCH3 is 1. The fourth-order valence-electron chi connectivity index (χ4n) is 5.39. The van der Waals surface area contributed by atoms with Gasteiger partial charge in [0.25, 0.3) is 0 Å². The minimum Gasteiger partial charge on any atom is -0.468 e. The van der Waals surface area contributed by atoms with Gasteiger partial charge < -0.3 is 14.8 Å². The molecule has 0 aromatic heterocycles. The number of aryl methyl sites for hydroxylation is 1. The number of allylic oxidation sites excluding steroid dienone is 3. The number of rotatable bonds is 4. The Morgan fingerprint density at radius 1 is 1.09 bits per heavy atom. The first-order chi connectivity index (χ1) is 15.3. The molecule has 6 nitrogen and oxygen atoms in total. The van der Waals surface area contributed by atoms with Gasteiger partial charge in [-0.2, -0.15) is 0 Å². The maximum Gasteiger partial charge on any atom is 0.337 e. The van der Waals surface area contributed by atoms with E-state index in [9.17, 15) is 14.4 Å². The molecule has 1 aliphatic heterocycles.